The van der Waals surface area contributed by atoms with Crippen LogP contribution in [0.5, 0.6) is 11.5 Å². The Balaban J connectivity index is 0.000000465. The van der Waals surface area contributed by atoms with Crippen molar-refractivity contribution in [3.63, 3.8) is 0 Å². The molecule has 0 fully saturated rings. The van der Waals surface area contributed by atoms with Gasteiger partial charge in [-0.3, -0.25) is 9.35 Å². The molecule has 0 aliphatic carbocycles. The maximum atomic E-state index is 12.2. The number of carbonyl (C=O) groups is 1. The molecule has 0 radical (unpaired) electrons. The van der Waals surface area contributed by atoms with Crippen LogP contribution in [-0.4, -0.2) is 39.4 Å². The molecule has 0 saturated carbocycles. The fourth-order valence-electron chi connectivity index (χ4n) is 2.46. The number of rotatable bonds is 3. The Morgan fingerprint density at radius 1 is 1.11 bits per heavy atom. The van der Waals surface area contributed by atoms with Gasteiger partial charge in [0.05, 0.1) is 20.5 Å². The maximum Gasteiger partial charge on any atom is 0.261 e. The van der Waals surface area contributed by atoms with Gasteiger partial charge in [-0.25, -0.2) is 0 Å². The fraction of sp³-hybridized carbons (Fsp3) is 0.167. The van der Waals surface area contributed by atoms with Gasteiger partial charge in [-0.1, -0.05) is 0 Å². The van der Waals surface area contributed by atoms with E-state index in [9.17, 15) is 13.2 Å². The predicted molar refractivity (Wildman–Crippen MR) is 104 cm³/mol. The van der Waals surface area contributed by atoms with Gasteiger partial charge < -0.3 is 20.5 Å². The number of nitrogens with one attached hydrogen (secondary N) is 1. The topological polar surface area (TPSA) is 128 Å². The third-order valence-electron chi connectivity index (χ3n) is 3.56. The van der Waals surface area contributed by atoms with Crippen LogP contribution in [0, 0.1) is 0 Å². The van der Waals surface area contributed by atoms with E-state index in [0.717, 1.165) is 16.8 Å². The number of ether oxygens (including phenoxy) is 2. The summed E-state index contributed by atoms with van der Waals surface area (Å²) in [5, 5.41) is 2.83. The summed E-state index contributed by atoms with van der Waals surface area (Å²) in [6, 6.07) is 10.8. The second-order valence-corrected chi connectivity index (χ2v) is 7.12. The zero-order valence-electron chi connectivity index (χ0n) is 15.0. The first-order valence-electron chi connectivity index (χ1n) is 7.70. The molecular formula is C18H20N2O6S. The minimum atomic E-state index is -3.67. The zero-order valence-corrected chi connectivity index (χ0v) is 15.8. The maximum absolute atomic E-state index is 12.2. The summed E-state index contributed by atoms with van der Waals surface area (Å²) in [6.45, 7) is 0. The van der Waals surface area contributed by atoms with Gasteiger partial charge in [0.2, 0.25) is 0 Å². The molecular weight excluding hydrogens is 372 g/mol. The molecule has 0 bridgehead atoms. The van der Waals surface area contributed by atoms with Crippen molar-refractivity contribution in [1.82, 2.24) is 0 Å². The third kappa shape index (κ3) is 5.47. The van der Waals surface area contributed by atoms with Crippen LogP contribution in [0.1, 0.15) is 11.1 Å². The number of methoxy groups -OCH3 is 2. The lowest BCUT2D eigenvalue weighted by Crippen LogP contribution is -2.03. The van der Waals surface area contributed by atoms with Crippen LogP contribution >= 0.6 is 0 Å². The molecule has 0 saturated heterocycles. The molecule has 4 N–H and O–H groups in total. The number of anilines is 2. The molecule has 144 valence electrons. The van der Waals surface area contributed by atoms with Gasteiger partial charge in [0.15, 0.2) is 0 Å². The Bertz CT molecular complexity index is 991. The van der Waals surface area contributed by atoms with Crippen molar-refractivity contribution in [3.8, 4) is 11.5 Å². The van der Waals surface area contributed by atoms with Crippen LogP contribution in [-0.2, 0) is 14.9 Å². The number of hydrogen-bond donors (Lipinski definition) is 3. The largest absolute Gasteiger partial charge is 0.497 e. The molecule has 2 aromatic rings. The summed E-state index contributed by atoms with van der Waals surface area (Å²) in [5.41, 5.74) is 9.29. The van der Waals surface area contributed by atoms with E-state index in [0.29, 0.717) is 29.0 Å². The Kier molecular flexibility index (Phi) is 6.09. The average molecular weight is 392 g/mol. The molecule has 1 aliphatic rings. The molecule has 0 atom stereocenters. The first kappa shape index (κ1) is 20.3. The van der Waals surface area contributed by atoms with Gasteiger partial charge in [-0.2, -0.15) is 8.42 Å². The normalized spacial score (nSPS) is 14.1. The molecule has 0 unspecified atom stereocenters. The van der Waals surface area contributed by atoms with Crippen molar-refractivity contribution in [1.29, 1.82) is 0 Å². The van der Waals surface area contributed by atoms with Crippen molar-refractivity contribution < 1.29 is 27.2 Å². The molecule has 2 aromatic carbocycles. The second kappa shape index (κ2) is 8.11. The van der Waals surface area contributed by atoms with Crippen molar-refractivity contribution in [2.75, 3.05) is 31.5 Å². The van der Waals surface area contributed by atoms with Gasteiger partial charge >= 0.3 is 0 Å². The number of fused-ring (bicyclic) bond motifs is 1. The molecule has 0 spiro atoms. The van der Waals surface area contributed by atoms with Gasteiger partial charge in [0.25, 0.3) is 16.0 Å². The highest BCUT2D eigenvalue weighted by Crippen LogP contribution is 2.36. The molecule has 8 nitrogen and oxygen atoms in total. The van der Waals surface area contributed by atoms with E-state index in [1.165, 1.54) is 0 Å². The third-order valence-corrected chi connectivity index (χ3v) is 3.56. The van der Waals surface area contributed by atoms with E-state index in [4.69, 9.17) is 19.8 Å². The van der Waals surface area contributed by atoms with Gasteiger partial charge in [0, 0.05) is 28.1 Å². The summed E-state index contributed by atoms with van der Waals surface area (Å²) < 4.78 is 36.4. The number of amides is 1. The number of carbonyl (C=O) groups excluding carboxylic acids is 1. The van der Waals surface area contributed by atoms with E-state index in [1.807, 2.05) is 12.1 Å². The van der Waals surface area contributed by atoms with Crippen molar-refractivity contribution >= 4 is 39.0 Å². The molecule has 1 aliphatic heterocycles. The SMILES string of the molecule is COc1ccc(OC)c(/C=C2/C(=O)Nc3ccc(N)cc32)c1.CS(=O)(=O)O. The van der Waals surface area contributed by atoms with E-state index < -0.39 is 10.1 Å². The summed E-state index contributed by atoms with van der Waals surface area (Å²) in [4.78, 5) is 12.2. The van der Waals surface area contributed by atoms with E-state index in [1.54, 1.807) is 44.6 Å². The van der Waals surface area contributed by atoms with Gasteiger partial charge in [-0.05, 0) is 42.5 Å². The Morgan fingerprint density at radius 3 is 2.37 bits per heavy atom. The smallest absolute Gasteiger partial charge is 0.261 e. The monoisotopic (exact) mass is 392 g/mol. The van der Waals surface area contributed by atoms with E-state index >= 15 is 0 Å². The van der Waals surface area contributed by atoms with Crippen molar-refractivity contribution in [2.45, 2.75) is 0 Å². The number of hydrogen-bond acceptors (Lipinski definition) is 6. The summed E-state index contributed by atoms with van der Waals surface area (Å²) in [5.74, 6) is 1.20. The first-order chi connectivity index (χ1) is 12.6. The lowest BCUT2D eigenvalue weighted by Gasteiger charge is -2.08. The molecule has 0 aromatic heterocycles. The van der Waals surface area contributed by atoms with Crippen LogP contribution in [0.2, 0.25) is 0 Å². The quantitative estimate of drug-likeness (QED) is 0.415. The van der Waals surface area contributed by atoms with Crippen LogP contribution < -0.4 is 20.5 Å². The highest BCUT2D eigenvalue weighted by Gasteiger charge is 2.24. The first-order valence-corrected chi connectivity index (χ1v) is 9.54. The second-order valence-electron chi connectivity index (χ2n) is 5.66. The highest BCUT2D eigenvalue weighted by atomic mass is 32.2. The fourth-order valence-corrected chi connectivity index (χ4v) is 2.46. The lowest BCUT2D eigenvalue weighted by atomic mass is 10.0. The number of nitrogens with two attached hydrogens (primary N) is 1. The van der Waals surface area contributed by atoms with Crippen LogP contribution in [0.3, 0.4) is 0 Å². The van der Waals surface area contributed by atoms with Gasteiger partial charge in [-0.15, -0.1) is 0 Å². The molecule has 1 heterocycles. The van der Waals surface area contributed by atoms with Crippen molar-refractivity contribution in [2.24, 2.45) is 0 Å². The molecule has 1 amide bonds. The highest BCUT2D eigenvalue weighted by molar-refractivity contribution is 7.85. The van der Waals surface area contributed by atoms with E-state index in [-0.39, 0.29) is 5.91 Å². The standard InChI is InChI=1S/C17H16N2O3.CH4O3S/c1-21-12-4-6-16(22-2)10(7-12)8-14-13-9-11(18)3-5-15(13)19-17(14)20;1-5(2,3)4/h3-9H,18H2,1-2H3,(H,19,20);1H3,(H,2,3,4)/b14-8+;. The number of nitrogen functional groups attached to an aromatic ring is 1. The summed E-state index contributed by atoms with van der Waals surface area (Å²) in [6.07, 6.45) is 2.50. The number of benzene rings is 2. The Hall–Kier alpha value is -3.04. The summed E-state index contributed by atoms with van der Waals surface area (Å²) >= 11 is 0. The Labute approximate surface area is 157 Å². The molecule has 9 heteroatoms. The van der Waals surface area contributed by atoms with Gasteiger partial charge in [0.1, 0.15) is 11.5 Å². The lowest BCUT2D eigenvalue weighted by molar-refractivity contribution is -0.110. The molecule has 27 heavy (non-hydrogen) atoms. The molecule has 3 rings (SSSR count). The average Bonchev–Trinajstić information content (AvgIpc) is 2.88. The van der Waals surface area contributed by atoms with Crippen LogP contribution in [0.4, 0.5) is 11.4 Å². The Morgan fingerprint density at radius 2 is 1.78 bits per heavy atom. The zero-order chi connectivity index (χ0) is 20.2. The minimum absolute atomic E-state index is 0.162. The minimum Gasteiger partial charge on any atom is -0.497 e. The van der Waals surface area contributed by atoms with Crippen LogP contribution in [0.15, 0.2) is 36.4 Å². The predicted octanol–water partition coefficient (Wildman–Crippen LogP) is 2.28. The van der Waals surface area contributed by atoms with E-state index in [2.05, 4.69) is 5.32 Å². The van der Waals surface area contributed by atoms with Crippen molar-refractivity contribution in [3.05, 3.63) is 47.5 Å². The summed E-state index contributed by atoms with van der Waals surface area (Å²) in [7, 11) is -0.485. The van der Waals surface area contributed by atoms with Crippen LogP contribution in [0.25, 0.3) is 11.6 Å².